The first-order valence-electron chi connectivity index (χ1n) is 8.90. The molecular formula is C19H21BrN6O. The highest BCUT2D eigenvalue weighted by Crippen LogP contribution is 2.27. The van der Waals surface area contributed by atoms with Crippen LogP contribution < -0.4 is 10.2 Å². The van der Waals surface area contributed by atoms with E-state index in [0.29, 0.717) is 6.54 Å². The lowest BCUT2D eigenvalue weighted by Gasteiger charge is -2.40. The van der Waals surface area contributed by atoms with Gasteiger partial charge >= 0.3 is 6.03 Å². The van der Waals surface area contributed by atoms with Gasteiger partial charge in [-0.2, -0.15) is 0 Å². The number of aromatic nitrogens is 3. The van der Waals surface area contributed by atoms with E-state index in [9.17, 15) is 4.79 Å². The lowest BCUT2D eigenvalue weighted by atomic mass is 10.1. The zero-order valence-corrected chi connectivity index (χ0v) is 16.8. The molecule has 8 heteroatoms. The number of piperazine rings is 1. The SMILES string of the molecule is Cc1c[nH]c2ncnc(N3CCN(C(=O)Nc4cccc(Br)c4)[C@H](C)C3)c12. The molecule has 1 aromatic carbocycles. The maximum atomic E-state index is 12.7. The number of halogens is 1. The molecule has 27 heavy (non-hydrogen) atoms. The van der Waals surface area contributed by atoms with Crippen LogP contribution >= 0.6 is 15.9 Å². The van der Waals surface area contributed by atoms with Gasteiger partial charge in [0.05, 0.1) is 5.39 Å². The second kappa shape index (κ2) is 7.19. The number of H-pyrrole nitrogens is 1. The molecule has 2 N–H and O–H groups in total. The number of anilines is 2. The van der Waals surface area contributed by atoms with E-state index in [1.54, 1.807) is 6.33 Å². The molecule has 0 saturated carbocycles. The number of aryl methyl sites for hydroxylation is 1. The number of carbonyl (C=O) groups is 1. The fourth-order valence-corrected chi connectivity index (χ4v) is 3.95. The summed E-state index contributed by atoms with van der Waals surface area (Å²) in [7, 11) is 0. The Hall–Kier alpha value is -2.61. The molecule has 0 radical (unpaired) electrons. The molecule has 1 fully saturated rings. The average Bonchev–Trinajstić information content (AvgIpc) is 3.03. The lowest BCUT2D eigenvalue weighted by molar-refractivity contribution is 0.184. The summed E-state index contributed by atoms with van der Waals surface area (Å²) in [4.78, 5) is 28.8. The Balaban J connectivity index is 1.49. The molecule has 140 valence electrons. The summed E-state index contributed by atoms with van der Waals surface area (Å²) in [5.41, 5.74) is 2.76. The Bertz CT molecular complexity index is 987. The van der Waals surface area contributed by atoms with Crippen molar-refractivity contribution >= 4 is 44.5 Å². The number of nitrogens with one attached hydrogen (secondary N) is 2. The van der Waals surface area contributed by atoms with Gasteiger partial charge in [-0.15, -0.1) is 0 Å². The van der Waals surface area contributed by atoms with Crippen LogP contribution in [0.3, 0.4) is 0 Å². The standard InChI is InChI=1S/C19H21BrN6O/c1-12-9-21-17-16(12)18(23-11-22-17)25-6-7-26(13(2)10-25)19(27)24-15-5-3-4-14(20)8-15/h3-5,8-9,11,13H,6-7,10H2,1-2H3,(H,24,27)(H,21,22,23)/t13-/m1/s1. The third kappa shape index (κ3) is 3.49. The molecule has 0 spiro atoms. The highest BCUT2D eigenvalue weighted by Gasteiger charge is 2.29. The molecule has 1 atom stereocenters. The van der Waals surface area contributed by atoms with Gasteiger partial charge in [0, 0.05) is 42.0 Å². The van der Waals surface area contributed by atoms with Crippen molar-refractivity contribution < 1.29 is 4.79 Å². The van der Waals surface area contributed by atoms with E-state index in [2.05, 4.69) is 54.9 Å². The first-order valence-corrected chi connectivity index (χ1v) is 9.69. The molecule has 3 aromatic rings. The zero-order chi connectivity index (χ0) is 19.0. The first kappa shape index (κ1) is 17.8. The first-order chi connectivity index (χ1) is 13.0. The summed E-state index contributed by atoms with van der Waals surface area (Å²) in [5, 5.41) is 4.03. The van der Waals surface area contributed by atoms with Crippen LogP contribution in [0.2, 0.25) is 0 Å². The second-order valence-corrected chi connectivity index (χ2v) is 7.74. The third-order valence-corrected chi connectivity index (χ3v) is 5.40. The number of rotatable bonds is 2. The molecule has 2 amide bonds. The van der Waals surface area contributed by atoms with E-state index >= 15 is 0 Å². The largest absolute Gasteiger partial charge is 0.352 e. The van der Waals surface area contributed by atoms with E-state index < -0.39 is 0 Å². The fourth-order valence-electron chi connectivity index (χ4n) is 3.55. The van der Waals surface area contributed by atoms with Crippen molar-refractivity contribution in [1.82, 2.24) is 19.9 Å². The van der Waals surface area contributed by atoms with Crippen molar-refractivity contribution in [2.24, 2.45) is 0 Å². The van der Waals surface area contributed by atoms with Crippen LogP contribution in [-0.4, -0.2) is 51.6 Å². The van der Waals surface area contributed by atoms with E-state index in [1.165, 1.54) is 0 Å². The molecule has 4 rings (SSSR count). The van der Waals surface area contributed by atoms with Crippen LogP contribution in [0.4, 0.5) is 16.3 Å². The van der Waals surface area contributed by atoms with Gasteiger partial charge in [-0.05, 0) is 37.6 Å². The fraction of sp³-hybridized carbons (Fsp3) is 0.316. The minimum Gasteiger partial charge on any atom is -0.352 e. The van der Waals surface area contributed by atoms with Crippen molar-refractivity contribution in [3.63, 3.8) is 0 Å². The quantitative estimate of drug-likeness (QED) is 0.650. The Morgan fingerprint density at radius 3 is 2.96 bits per heavy atom. The van der Waals surface area contributed by atoms with Gasteiger partial charge in [0.15, 0.2) is 0 Å². The number of aromatic amines is 1. The highest BCUT2D eigenvalue weighted by atomic mass is 79.9. The molecule has 1 aliphatic heterocycles. The van der Waals surface area contributed by atoms with Crippen molar-refractivity contribution in [2.75, 3.05) is 29.9 Å². The van der Waals surface area contributed by atoms with Gasteiger partial charge in [0.25, 0.3) is 0 Å². The number of carbonyl (C=O) groups excluding carboxylic acids is 1. The summed E-state index contributed by atoms with van der Waals surface area (Å²) in [6, 6.07) is 7.60. The van der Waals surface area contributed by atoms with E-state index in [1.807, 2.05) is 35.4 Å². The van der Waals surface area contributed by atoms with Gasteiger partial charge in [0.2, 0.25) is 0 Å². The molecule has 0 unspecified atom stereocenters. The predicted octanol–water partition coefficient (Wildman–Crippen LogP) is 3.77. The van der Waals surface area contributed by atoms with Crippen molar-refractivity contribution in [3.05, 3.63) is 46.8 Å². The summed E-state index contributed by atoms with van der Waals surface area (Å²) in [6.45, 7) is 6.21. The minimum absolute atomic E-state index is 0.0650. The maximum absolute atomic E-state index is 12.7. The lowest BCUT2D eigenvalue weighted by Crippen LogP contribution is -2.55. The van der Waals surface area contributed by atoms with Crippen LogP contribution in [0.15, 0.2) is 41.3 Å². The van der Waals surface area contributed by atoms with Gasteiger partial charge < -0.3 is 20.1 Å². The van der Waals surface area contributed by atoms with Crippen molar-refractivity contribution in [2.45, 2.75) is 19.9 Å². The van der Waals surface area contributed by atoms with E-state index in [0.717, 1.165) is 45.7 Å². The number of nitrogens with zero attached hydrogens (tertiary/aromatic N) is 4. The Kier molecular flexibility index (Phi) is 4.73. The number of benzene rings is 1. The molecule has 1 saturated heterocycles. The Labute approximate surface area is 165 Å². The van der Waals surface area contributed by atoms with E-state index in [4.69, 9.17) is 0 Å². The predicted molar refractivity (Wildman–Crippen MR) is 110 cm³/mol. The monoisotopic (exact) mass is 428 g/mol. The van der Waals surface area contributed by atoms with Gasteiger partial charge in [0.1, 0.15) is 17.8 Å². The molecule has 2 aromatic heterocycles. The topological polar surface area (TPSA) is 77.2 Å². The number of hydrogen-bond acceptors (Lipinski definition) is 4. The van der Waals surface area contributed by atoms with Crippen molar-refractivity contribution in [3.8, 4) is 0 Å². The molecule has 3 heterocycles. The number of amides is 2. The summed E-state index contributed by atoms with van der Waals surface area (Å²) >= 11 is 3.43. The van der Waals surface area contributed by atoms with Gasteiger partial charge in [-0.25, -0.2) is 14.8 Å². The van der Waals surface area contributed by atoms with Crippen LogP contribution in [0, 0.1) is 6.92 Å². The van der Waals surface area contributed by atoms with E-state index in [-0.39, 0.29) is 12.1 Å². The average molecular weight is 429 g/mol. The summed E-state index contributed by atoms with van der Waals surface area (Å²) in [5.74, 6) is 0.928. The number of urea groups is 1. The van der Waals surface area contributed by atoms with Crippen LogP contribution in [0.5, 0.6) is 0 Å². The summed E-state index contributed by atoms with van der Waals surface area (Å²) in [6.07, 6.45) is 3.54. The van der Waals surface area contributed by atoms with Crippen LogP contribution in [0.1, 0.15) is 12.5 Å². The maximum Gasteiger partial charge on any atom is 0.322 e. The van der Waals surface area contributed by atoms with Crippen LogP contribution in [0.25, 0.3) is 11.0 Å². The van der Waals surface area contributed by atoms with Gasteiger partial charge in [-0.3, -0.25) is 0 Å². The second-order valence-electron chi connectivity index (χ2n) is 6.82. The number of hydrogen-bond donors (Lipinski definition) is 2. The third-order valence-electron chi connectivity index (χ3n) is 4.91. The summed E-state index contributed by atoms with van der Waals surface area (Å²) < 4.78 is 0.938. The molecule has 7 nitrogen and oxygen atoms in total. The zero-order valence-electron chi connectivity index (χ0n) is 15.2. The normalized spacial score (nSPS) is 17.4. The van der Waals surface area contributed by atoms with Crippen LogP contribution in [-0.2, 0) is 0 Å². The number of fused-ring (bicyclic) bond motifs is 1. The Morgan fingerprint density at radius 2 is 2.19 bits per heavy atom. The van der Waals surface area contributed by atoms with Crippen molar-refractivity contribution in [1.29, 1.82) is 0 Å². The molecular weight excluding hydrogens is 408 g/mol. The highest BCUT2D eigenvalue weighted by molar-refractivity contribution is 9.10. The molecule has 1 aliphatic rings. The molecule has 0 aliphatic carbocycles. The smallest absolute Gasteiger partial charge is 0.322 e. The molecule has 0 bridgehead atoms. The van der Waals surface area contributed by atoms with Gasteiger partial charge in [-0.1, -0.05) is 22.0 Å². The minimum atomic E-state index is -0.0779. The Morgan fingerprint density at radius 1 is 1.33 bits per heavy atom.